The number of hydrogen-bond donors (Lipinski definition) is 2. The minimum absolute atomic E-state index is 0.553. The lowest BCUT2D eigenvalue weighted by molar-refractivity contribution is 0.415. The van der Waals surface area contributed by atoms with Crippen LogP contribution in [0.5, 0.6) is 5.75 Å². The van der Waals surface area contributed by atoms with E-state index in [2.05, 4.69) is 46.8 Å². The molecule has 3 aromatic rings. The van der Waals surface area contributed by atoms with Gasteiger partial charge in [-0.25, -0.2) is 9.98 Å². The summed E-state index contributed by atoms with van der Waals surface area (Å²) in [6, 6.07) is 15.0. The molecule has 7 heteroatoms. The molecule has 2 N–H and O–H groups in total. The molecule has 1 atom stereocenters. The molecule has 28 heavy (non-hydrogen) atoms. The number of anilines is 1. The molecular weight excluding hydrogens is 388 g/mol. The average molecular weight is 413 g/mol. The Balaban J connectivity index is 1.31. The Hall–Kier alpha value is -2.25. The summed E-state index contributed by atoms with van der Waals surface area (Å²) in [5, 5.41) is 8.88. The smallest absolute Gasteiger partial charge is 0.183 e. The number of nitrogens with zero attached hydrogens (tertiary/aromatic N) is 2. The largest absolute Gasteiger partial charge is 0.497 e. The molecule has 2 aromatic carbocycles. The van der Waals surface area contributed by atoms with Crippen molar-refractivity contribution in [3.05, 3.63) is 48.0 Å². The summed E-state index contributed by atoms with van der Waals surface area (Å²) < 4.78 is 6.41. The quantitative estimate of drug-likeness (QED) is 0.568. The third-order valence-corrected chi connectivity index (χ3v) is 6.72. The number of aromatic nitrogens is 1. The molecule has 1 aromatic heterocycles. The van der Waals surface area contributed by atoms with Crippen molar-refractivity contribution in [2.75, 3.05) is 24.7 Å². The summed E-state index contributed by atoms with van der Waals surface area (Å²) in [5.74, 6) is 1.97. The van der Waals surface area contributed by atoms with E-state index in [4.69, 9.17) is 9.73 Å². The Morgan fingerprint density at radius 2 is 2.11 bits per heavy atom. The highest BCUT2D eigenvalue weighted by molar-refractivity contribution is 8.14. The Labute approximate surface area is 173 Å². The predicted molar refractivity (Wildman–Crippen MR) is 122 cm³/mol. The Bertz CT molecular complexity index is 968. The number of nitrogens with one attached hydrogen (secondary N) is 2. The second-order valence-corrected chi connectivity index (χ2v) is 8.71. The van der Waals surface area contributed by atoms with E-state index in [0.29, 0.717) is 6.04 Å². The third kappa shape index (κ3) is 4.59. The van der Waals surface area contributed by atoms with E-state index in [9.17, 15) is 0 Å². The van der Waals surface area contributed by atoms with Crippen molar-refractivity contribution in [2.24, 2.45) is 4.99 Å². The number of amidine groups is 1. The topological polar surface area (TPSA) is 58.5 Å². The van der Waals surface area contributed by atoms with Gasteiger partial charge in [-0.15, -0.1) is 0 Å². The molecule has 0 bridgehead atoms. The van der Waals surface area contributed by atoms with Crippen LogP contribution >= 0.6 is 23.1 Å². The van der Waals surface area contributed by atoms with Crippen molar-refractivity contribution >= 4 is 49.3 Å². The monoisotopic (exact) mass is 412 g/mol. The molecule has 0 spiro atoms. The van der Waals surface area contributed by atoms with E-state index in [-0.39, 0.29) is 0 Å². The number of methoxy groups -OCH3 is 1. The lowest BCUT2D eigenvalue weighted by Crippen LogP contribution is -2.25. The normalized spacial score (nSPS) is 17.8. The maximum absolute atomic E-state index is 5.28. The van der Waals surface area contributed by atoms with Gasteiger partial charge in [0.05, 0.1) is 23.0 Å². The molecule has 0 saturated carbocycles. The number of aliphatic imine (C=N–C) groups is 1. The van der Waals surface area contributed by atoms with Crippen molar-refractivity contribution in [3.63, 3.8) is 0 Å². The Morgan fingerprint density at radius 1 is 1.25 bits per heavy atom. The minimum atomic E-state index is 0.553. The van der Waals surface area contributed by atoms with Gasteiger partial charge in [0.2, 0.25) is 0 Å². The van der Waals surface area contributed by atoms with Crippen LogP contribution in [0.15, 0.2) is 47.5 Å². The second-order valence-electron chi connectivity index (χ2n) is 6.67. The Kier molecular flexibility index (Phi) is 6.02. The van der Waals surface area contributed by atoms with E-state index in [1.165, 1.54) is 5.56 Å². The summed E-state index contributed by atoms with van der Waals surface area (Å²) in [7, 11) is 1.68. The first-order valence-corrected chi connectivity index (χ1v) is 11.3. The van der Waals surface area contributed by atoms with Crippen LogP contribution in [-0.4, -0.2) is 35.6 Å². The fourth-order valence-electron chi connectivity index (χ4n) is 3.00. The number of fused-ring (bicyclic) bond motifs is 1. The van der Waals surface area contributed by atoms with E-state index in [1.54, 1.807) is 30.2 Å². The average Bonchev–Trinajstić information content (AvgIpc) is 3.34. The predicted octanol–water partition coefficient (Wildman–Crippen LogP) is 5.06. The number of ether oxygens (including phenoxy) is 1. The van der Waals surface area contributed by atoms with Gasteiger partial charge in [-0.3, -0.25) is 0 Å². The van der Waals surface area contributed by atoms with Gasteiger partial charge in [0, 0.05) is 18.3 Å². The molecule has 5 nitrogen and oxygen atoms in total. The first kappa shape index (κ1) is 19.1. The second kappa shape index (κ2) is 8.84. The minimum Gasteiger partial charge on any atom is -0.497 e. The molecule has 1 fully saturated rings. The summed E-state index contributed by atoms with van der Waals surface area (Å²) in [6.45, 7) is 3.05. The van der Waals surface area contributed by atoms with E-state index in [0.717, 1.165) is 57.1 Å². The van der Waals surface area contributed by atoms with Crippen LogP contribution < -0.4 is 15.4 Å². The summed E-state index contributed by atoms with van der Waals surface area (Å²) in [4.78, 5) is 9.33. The first-order chi connectivity index (χ1) is 13.7. The number of benzene rings is 2. The molecule has 2 heterocycles. The fourth-order valence-corrected chi connectivity index (χ4v) is 5.02. The standard InChI is InChI=1S/C21H24N4OS2/c1-3-15-13-27-21(23-15)24-16-6-4-14(5-7-16)10-11-22-20-25-18-9-8-17(26-2)12-19(18)28-20/h4-9,12,15H,3,10-11,13H2,1-2H3,(H,22,25)(H,23,24). The third-order valence-electron chi connectivity index (χ3n) is 4.69. The van der Waals surface area contributed by atoms with Crippen molar-refractivity contribution in [1.29, 1.82) is 0 Å². The lowest BCUT2D eigenvalue weighted by atomic mass is 10.1. The van der Waals surface area contributed by atoms with Gasteiger partial charge < -0.3 is 15.4 Å². The van der Waals surface area contributed by atoms with Gasteiger partial charge in [0.1, 0.15) is 5.75 Å². The highest BCUT2D eigenvalue weighted by Gasteiger charge is 2.17. The van der Waals surface area contributed by atoms with Gasteiger partial charge in [0.25, 0.3) is 0 Å². The molecule has 0 amide bonds. The van der Waals surface area contributed by atoms with Gasteiger partial charge in [-0.1, -0.05) is 42.2 Å². The van der Waals surface area contributed by atoms with Crippen molar-refractivity contribution < 1.29 is 4.74 Å². The van der Waals surface area contributed by atoms with Crippen LogP contribution in [0, 0.1) is 0 Å². The first-order valence-electron chi connectivity index (χ1n) is 9.49. The zero-order chi connectivity index (χ0) is 19.3. The molecule has 146 valence electrons. The number of rotatable bonds is 7. The SMILES string of the molecule is CCC1CS/C(=N\c2ccc(CCNc3nc4ccc(OC)cc4s3)cc2)N1. The number of thiazole rings is 1. The van der Waals surface area contributed by atoms with Crippen LogP contribution in [0.25, 0.3) is 10.2 Å². The zero-order valence-corrected chi connectivity index (χ0v) is 17.7. The van der Waals surface area contributed by atoms with Gasteiger partial charge in [-0.05, 0) is 48.7 Å². The van der Waals surface area contributed by atoms with Crippen molar-refractivity contribution in [2.45, 2.75) is 25.8 Å². The lowest BCUT2D eigenvalue weighted by Gasteiger charge is -2.05. The van der Waals surface area contributed by atoms with E-state index < -0.39 is 0 Å². The van der Waals surface area contributed by atoms with E-state index in [1.807, 2.05) is 18.2 Å². The molecule has 1 saturated heterocycles. The Morgan fingerprint density at radius 3 is 2.86 bits per heavy atom. The maximum Gasteiger partial charge on any atom is 0.183 e. The van der Waals surface area contributed by atoms with Crippen LogP contribution in [0.4, 0.5) is 10.8 Å². The maximum atomic E-state index is 5.28. The van der Waals surface area contributed by atoms with Crippen LogP contribution in [0.2, 0.25) is 0 Å². The molecule has 0 aliphatic carbocycles. The van der Waals surface area contributed by atoms with Crippen LogP contribution in [-0.2, 0) is 6.42 Å². The molecule has 4 rings (SSSR count). The highest BCUT2D eigenvalue weighted by atomic mass is 32.2. The van der Waals surface area contributed by atoms with Crippen molar-refractivity contribution in [1.82, 2.24) is 10.3 Å². The molecule has 1 aliphatic rings. The van der Waals surface area contributed by atoms with Crippen LogP contribution in [0.3, 0.4) is 0 Å². The molecule has 0 radical (unpaired) electrons. The number of hydrogen-bond acceptors (Lipinski definition) is 6. The number of thioether (sulfide) groups is 1. The zero-order valence-electron chi connectivity index (χ0n) is 16.1. The highest BCUT2D eigenvalue weighted by Crippen LogP contribution is 2.29. The van der Waals surface area contributed by atoms with Crippen molar-refractivity contribution in [3.8, 4) is 5.75 Å². The van der Waals surface area contributed by atoms with E-state index >= 15 is 0 Å². The van der Waals surface area contributed by atoms with Gasteiger partial charge in [-0.2, -0.15) is 0 Å². The molecular formula is C21H24N4OS2. The van der Waals surface area contributed by atoms with Gasteiger partial charge >= 0.3 is 0 Å². The summed E-state index contributed by atoms with van der Waals surface area (Å²) in [6.07, 6.45) is 2.08. The molecule has 1 unspecified atom stereocenters. The fraction of sp³-hybridized carbons (Fsp3) is 0.333. The summed E-state index contributed by atoms with van der Waals surface area (Å²) in [5.41, 5.74) is 3.29. The van der Waals surface area contributed by atoms with Crippen LogP contribution in [0.1, 0.15) is 18.9 Å². The summed E-state index contributed by atoms with van der Waals surface area (Å²) >= 11 is 3.46. The molecule has 1 aliphatic heterocycles. The van der Waals surface area contributed by atoms with Gasteiger partial charge in [0.15, 0.2) is 10.3 Å².